The van der Waals surface area contributed by atoms with Gasteiger partial charge in [0.05, 0.1) is 5.56 Å². The van der Waals surface area contributed by atoms with E-state index in [9.17, 15) is 18.0 Å². The smallest absolute Gasteiger partial charge is 0.299 e. The standard InChI is InChI=1S/C17H21F3O/c1-11-7-12(2)9-14(8-11)16(21)10-13-3-5-15(6-4-13)17(18,19)20/h3-6,11-12,14H,7-10H2,1-2H3. The number of benzene rings is 1. The summed E-state index contributed by atoms with van der Waals surface area (Å²) in [6.45, 7) is 4.32. The average molecular weight is 298 g/mol. The minimum Gasteiger partial charge on any atom is -0.299 e. The summed E-state index contributed by atoms with van der Waals surface area (Å²) in [5, 5.41) is 0. The summed E-state index contributed by atoms with van der Waals surface area (Å²) >= 11 is 0. The molecular formula is C17H21F3O. The minimum absolute atomic E-state index is 0.0612. The lowest BCUT2D eigenvalue weighted by Gasteiger charge is -2.30. The van der Waals surface area contributed by atoms with Crippen LogP contribution in [0, 0.1) is 17.8 Å². The molecule has 0 radical (unpaired) electrons. The number of rotatable bonds is 3. The normalized spacial score (nSPS) is 26.6. The first-order valence-corrected chi connectivity index (χ1v) is 7.44. The molecular weight excluding hydrogens is 277 g/mol. The van der Waals surface area contributed by atoms with Gasteiger partial charge in [-0.3, -0.25) is 4.79 Å². The molecule has 2 rings (SSSR count). The summed E-state index contributed by atoms with van der Waals surface area (Å²) in [4.78, 5) is 12.3. The zero-order valence-corrected chi connectivity index (χ0v) is 12.4. The zero-order chi connectivity index (χ0) is 15.6. The highest BCUT2D eigenvalue weighted by Crippen LogP contribution is 2.34. The lowest BCUT2D eigenvalue weighted by molar-refractivity contribution is -0.137. The van der Waals surface area contributed by atoms with Gasteiger partial charge >= 0.3 is 6.18 Å². The Balaban J connectivity index is 1.99. The van der Waals surface area contributed by atoms with Crippen LogP contribution in [0.1, 0.15) is 44.2 Å². The predicted molar refractivity (Wildman–Crippen MR) is 75.8 cm³/mol. The minimum atomic E-state index is -4.32. The molecule has 1 fully saturated rings. The van der Waals surface area contributed by atoms with Gasteiger partial charge in [-0.05, 0) is 48.8 Å². The number of alkyl halides is 3. The van der Waals surface area contributed by atoms with Crippen molar-refractivity contribution in [2.75, 3.05) is 0 Å². The fourth-order valence-electron chi connectivity index (χ4n) is 3.37. The lowest BCUT2D eigenvalue weighted by atomic mass is 9.74. The molecule has 0 saturated heterocycles. The highest BCUT2D eigenvalue weighted by molar-refractivity contribution is 5.83. The molecule has 1 aromatic rings. The first-order valence-electron chi connectivity index (χ1n) is 7.44. The van der Waals surface area contributed by atoms with E-state index in [0.29, 0.717) is 17.4 Å². The number of halogens is 3. The third-order valence-corrected chi connectivity index (χ3v) is 4.29. The summed E-state index contributed by atoms with van der Waals surface area (Å²) in [6.07, 6.45) is -1.11. The van der Waals surface area contributed by atoms with Crippen LogP contribution >= 0.6 is 0 Å². The number of ketones is 1. The third-order valence-electron chi connectivity index (χ3n) is 4.29. The molecule has 1 aliphatic rings. The van der Waals surface area contributed by atoms with E-state index in [1.807, 2.05) is 0 Å². The molecule has 2 unspecified atom stereocenters. The molecule has 21 heavy (non-hydrogen) atoms. The van der Waals surface area contributed by atoms with Gasteiger partial charge in [-0.2, -0.15) is 13.2 Å². The van der Waals surface area contributed by atoms with Crippen LogP contribution in [0.5, 0.6) is 0 Å². The van der Waals surface area contributed by atoms with E-state index in [2.05, 4.69) is 13.8 Å². The molecule has 0 aliphatic heterocycles. The summed E-state index contributed by atoms with van der Waals surface area (Å²) in [5.74, 6) is 1.32. The number of carbonyl (C=O) groups excluding carboxylic acids is 1. The Bertz CT molecular complexity index is 480. The van der Waals surface area contributed by atoms with Gasteiger partial charge in [-0.25, -0.2) is 0 Å². The number of carbonyl (C=O) groups is 1. The fraction of sp³-hybridized carbons (Fsp3) is 0.588. The zero-order valence-electron chi connectivity index (χ0n) is 12.4. The maximum absolute atomic E-state index is 12.5. The van der Waals surface area contributed by atoms with E-state index in [1.165, 1.54) is 12.1 Å². The van der Waals surface area contributed by atoms with Crippen molar-refractivity contribution in [3.63, 3.8) is 0 Å². The van der Waals surface area contributed by atoms with Crippen molar-refractivity contribution in [3.05, 3.63) is 35.4 Å². The second kappa shape index (κ2) is 6.20. The van der Waals surface area contributed by atoms with Gasteiger partial charge in [0.15, 0.2) is 0 Å². The Morgan fingerprint density at radius 3 is 2.05 bits per heavy atom. The van der Waals surface area contributed by atoms with Gasteiger partial charge in [0.25, 0.3) is 0 Å². The predicted octanol–water partition coefficient (Wildman–Crippen LogP) is 4.89. The lowest BCUT2D eigenvalue weighted by Crippen LogP contribution is -2.27. The topological polar surface area (TPSA) is 17.1 Å². The monoisotopic (exact) mass is 298 g/mol. The van der Waals surface area contributed by atoms with Crippen LogP contribution in [0.15, 0.2) is 24.3 Å². The molecule has 0 amide bonds. The molecule has 1 aliphatic carbocycles. The quantitative estimate of drug-likeness (QED) is 0.776. The van der Waals surface area contributed by atoms with Gasteiger partial charge in [0.2, 0.25) is 0 Å². The molecule has 0 N–H and O–H groups in total. The van der Waals surface area contributed by atoms with E-state index in [4.69, 9.17) is 0 Å². The molecule has 1 nitrogen and oxygen atoms in total. The van der Waals surface area contributed by atoms with Crippen molar-refractivity contribution >= 4 is 5.78 Å². The van der Waals surface area contributed by atoms with E-state index in [-0.39, 0.29) is 18.1 Å². The molecule has 2 atom stereocenters. The molecule has 0 heterocycles. The first kappa shape index (κ1) is 16.1. The summed E-state index contributed by atoms with van der Waals surface area (Å²) in [6, 6.07) is 4.93. The number of hydrogen-bond donors (Lipinski definition) is 0. The Kier molecular flexibility index (Phi) is 4.74. The summed E-state index contributed by atoms with van der Waals surface area (Å²) in [5.41, 5.74) is -0.00232. The van der Waals surface area contributed by atoms with Crippen molar-refractivity contribution in [1.82, 2.24) is 0 Å². The van der Waals surface area contributed by atoms with Gasteiger partial charge in [-0.1, -0.05) is 26.0 Å². The molecule has 0 spiro atoms. The van der Waals surface area contributed by atoms with Crippen LogP contribution in [0.4, 0.5) is 13.2 Å². The van der Waals surface area contributed by atoms with Crippen molar-refractivity contribution in [3.8, 4) is 0 Å². The van der Waals surface area contributed by atoms with E-state index >= 15 is 0 Å². The van der Waals surface area contributed by atoms with Crippen LogP contribution in [0.3, 0.4) is 0 Å². The van der Waals surface area contributed by atoms with Crippen LogP contribution < -0.4 is 0 Å². The van der Waals surface area contributed by atoms with Crippen molar-refractivity contribution in [2.24, 2.45) is 17.8 Å². The van der Waals surface area contributed by atoms with Crippen molar-refractivity contribution in [1.29, 1.82) is 0 Å². The second-order valence-electron chi connectivity index (χ2n) is 6.45. The molecule has 0 bridgehead atoms. The van der Waals surface area contributed by atoms with Gasteiger partial charge in [-0.15, -0.1) is 0 Å². The summed E-state index contributed by atoms with van der Waals surface area (Å²) < 4.78 is 37.5. The molecule has 4 heteroatoms. The first-order chi connectivity index (χ1) is 9.75. The van der Waals surface area contributed by atoms with Crippen LogP contribution in [-0.2, 0) is 17.4 Å². The molecule has 1 saturated carbocycles. The van der Waals surface area contributed by atoms with Gasteiger partial charge < -0.3 is 0 Å². The van der Waals surface area contributed by atoms with Crippen LogP contribution in [0.25, 0.3) is 0 Å². The number of hydrogen-bond acceptors (Lipinski definition) is 1. The fourth-order valence-corrected chi connectivity index (χ4v) is 3.37. The highest BCUT2D eigenvalue weighted by Gasteiger charge is 2.31. The average Bonchev–Trinajstić information content (AvgIpc) is 2.37. The summed E-state index contributed by atoms with van der Waals surface area (Å²) in [7, 11) is 0. The third kappa shape index (κ3) is 4.32. The van der Waals surface area contributed by atoms with Crippen molar-refractivity contribution in [2.45, 2.75) is 45.7 Å². The van der Waals surface area contributed by atoms with E-state index < -0.39 is 11.7 Å². The molecule has 1 aromatic carbocycles. The second-order valence-corrected chi connectivity index (χ2v) is 6.45. The van der Waals surface area contributed by atoms with Gasteiger partial charge in [0, 0.05) is 12.3 Å². The molecule has 0 aromatic heterocycles. The Morgan fingerprint density at radius 1 is 1.05 bits per heavy atom. The Hall–Kier alpha value is -1.32. The van der Waals surface area contributed by atoms with Crippen LogP contribution in [0.2, 0.25) is 0 Å². The maximum Gasteiger partial charge on any atom is 0.416 e. The number of Topliss-reactive ketones (excluding diaryl/α,β-unsaturated/α-hetero) is 1. The molecule has 116 valence electrons. The Morgan fingerprint density at radius 2 is 1.57 bits per heavy atom. The van der Waals surface area contributed by atoms with Crippen molar-refractivity contribution < 1.29 is 18.0 Å². The SMILES string of the molecule is CC1CC(C)CC(C(=O)Cc2ccc(C(F)(F)F)cc2)C1. The van der Waals surface area contributed by atoms with E-state index in [1.54, 1.807) is 0 Å². The van der Waals surface area contributed by atoms with Crippen LogP contribution in [-0.4, -0.2) is 5.78 Å². The van der Waals surface area contributed by atoms with E-state index in [0.717, 1.165) is 31.4 Å². The van der Waals surface area contributed by atoms with Gasteiger partial charge in [0.1, 0.15) is 5.78 Å². The largest absolute Gasteiger partial charge is 0.416 e. The highest BCUT2D eigenvalue weighted by atomic mass is 19.4. The Labute approximate surface area is 123 Å². The maximum atomic E-state index is 12.5.